The van der Waals surface area contributed by atoms with Crippen LogP contribution in [0.2, 0.25) is 5.02 Å². The number of aryl methyl sites for hydroxylation is 1. The third-order valence-corrected chi connectivity index (χ3v) is 8.04. The van der Waals surface area contributed by atoms with Gasteiger partial charge in [0.2, 0.25) is 0 Å². The SMILES string of the molecule is Cc1ccc(Cl)cc1NC(=O)COC(=O)Cc1ccc(S(=O)(=O)N2CCOCC2)s1. The van der Waals surface area contributed by atoms with Crippen molar-refractivity contribution in [2.45, 2.75) is 17.6 Å². The second-order valence-electron chi connectivity index (χ2n) is 6.58. The molecular weight excluding hydrogens is 452 g/mol. The Bertz CT molecular complexity index is 1030. The number of carbonyl (C=O) groups excluding carboxylic acids is 2. The van der Waals surface area contributed by atoms with Gasteiger partial charge in [-0.15, -0.1) is 11.3 Å². The van der Waals surface area contributed by atoms with E-state index in [0.717, 1.165) is 16.9 Å². The van der Waals surface area contributed by atoms with Crippen LogP contribution >= 0.6 is 22.9 Å². The lowest BCUT2D eigenvalue weighted by Gasteiger charge is -2.25. The molecule has 0 bridgehead atoms. The summed E-state index contributed by atoms with van der Waals surface area (Å²) in [5.74, 6) is -1.11. The standard InChI is InChI=1S/C19H21ClN2O6S2/c1-13-2-3-14(20)10-16(13)21-17(23)12-28-18(24)11-15-4-5-19(29-15)30(25,26)22-6-8-27-9-7-22/h2-5,10H,6-9,11-12H2,1H3,(H,21,23). The minimum Gasteiger partial charge on any atom is -0.455 e. The molecule has 0 spiro atoms. The van der Waals surface area contributed by atoms with Gasteiger partial charge in [-0.3, -0.25) is 9.59 Å². The number of thiophene rings is 1. The van der Waals surface area contributed by atoms with Gasteiger partial charge in [0.25, 0.3) is 15.9 Å². The Morgan fingerprint density at radius 3 is 2.70 bits per heavy atom. The molecule has 0 saturated carbocycles. The maximum Gasteiger partial charge on any atom is 0.311 e. The summed E-state index contributed by atoms with van der Waals surface area (Å²) in [7, 11) is -3.60. The highest BCUT2D eigenvalue weighted by molar-refractivity contribution is 7.91. The van der Waals surface area contributed by atoms with Crippen molar-refractivity contribution in [2.75, 3.05) is 38.2 Å². The number of benzene rings is 1. The molecule has 30 heavy (non-hydrogen) atoms. The van der Waals surface area contributed by atoms with E-state index in [1.165, 1.54) is 10.4 Å². The van der Waals surface area contributed by atoms with E-state index in [1.807, 2.05) is 6.92 Å². The first-order valence-corrected chi connectivity index (χ1v) is 11.8. The van der Waals surface area contributed by atoms with Crippen molar-refractivity contribution >= 4 is 50.5 Å². The zero-order chi connectivity index (χ0) is 21.7. The summed E-state index contributed by atoms with van der Waals surface area (Å²) in [6.07, 6.45) is -0.118. The number of morpholine rings is 1. The molecule has 162 valence electrons. The van der Waals surface area contributed by atoms with Crippen LogP contribution in [-0.2, 0) is 35.5 Å². The zero-order valence-corrected chi connectivity index (χ0v) is 18.6. The summed E-state index contributed by atoms with van der Waals surface area (Å²) in [6.45, 7) is 2.70. The summed E-state index contributed by atoms with van der Waals surface area (Å²) in [4.78, 5) is 24.6. The number of amides is 1. The van der Waals surface area contributed by atoms with Crippen molar-refractivity contribution in [2.24, 2.45) is 0 Å². The Morgan fingerprint density at radius 2 is 1.97 bits per heavy atom. The number of sulfonamides is 1. The summed E-state index contributed by atoms with van der Waals surface area (Å²) in [5, 5.41) is 3.12. The van der Waals surface area contributed by atoms with Gasteiger partial charge in [-0.1, -0.05) is 17.7 Å². The van der Waals surface area contributed by atoms with Crippen molar-refractivity contribution in [3.05, 3.63) is 45.8 Å². The van der Waals surface area contributed by atoms with Gasteiger partial charge in [-0.25, -0.2) is 8.42 Å². The van der Waals surface area contributed by atoms with Crippen molar-refractivity contribution in [3.8, 4) is 0 Å². The first kappa shape index (κ1) is 22.7. The monoisotopic (exact) mass is 472 g/mol. The predicted octanol–water partition coefficient (Wildman–Crippen LogP) is 2.46. The molecule has 0 unspecified atom stereocenters. The Balaban J connectivity index is 1.52. The predicted molar refractivity (Wildman–Crippen MR) is 113 cm³/mol. The van der Waals surface area contributed by atoms with Gasteiger partial charge in [-0.05, 0) is 36.8 Å². The van der Waals surface area contributed by atoms with Crippen LogP contribution in [0, 0.1) is 6.92 Å². The maximum atomic E-state index is 12.6. The zero-order valence-electron chi connectivity index (χ0n) is 16.2. The molecule has 1 fully saturated rings. The second kappa shape index (κ2) is 9.88. The van der Waals surface area contributed by atoms with E-state index in [2.05, 4.69) is 5.32 Å². The van der Waals surface area contributed by atoms with Crippen LogP contribution < -0.4 is 5.32 Å². The number of hydrogen-bond donors (Lipinski definition) is 1. The average Bonchev–Trinajstić information content (AvgIpc) is 3.19. The molecule has 1 saturated heterocycles. The number of halogens is 1. The molecule has 1 amide bonds. The lowest BCUT2D eigenvalue weighted by atomic mass is 10.2. The second-order valence-corrected chi connectivity index (χ2v) is 10.4. The fourth-order valence-corrected chi connectivity index (χ4v) is 5.84. The quantitative estimate of drug-likeness (QED) is 0.621. The van der Waals surface area contributed by atoms with E-state index in [1.54, 1.807) is 24.3 Å². The van der Waals surface area contributed by atoms with Crippen LogP contribution in [-0.4, -0.2) is 57.5 Å². The topological polar surface area (TPSA) is 102 Å². The van der Waals surface area contributed by atoms with Crippen molar-refractivity contribution in [1.29, 1.82) is 0 Å². The van der Waals surface area contributed by atoms with E-state index in [4.69, 9.17) is 21.1 Å². The molecule has 8 nitrogen and oxygen atoms in total. The highest BCUT2D eigenvalue weighted by Gasteiger charge is 2.28. The number of nitrogens with zero attached hydrogens (tertiary/aromatic N) is 1. The number of nitrogens with one attached hydrogen (secondary N) is 1. The van der Waals surface area contributed by atoms with Crippen molar-refractivity contribution in [3.63, 3.8) is 0 Å². The number of rotatable bonds is 7. The lowest BCUT2D eigenvalue weighted by molar-refractivity contribution is -0.146. The lowest BCUT2D eigenvalue weighted by Crippen LogP contribution is -2.40. The van der Waals surface area contributed by atoms with E-state index < -0.39 is 28.5 Å². The number of ether oxygens (including phenoxy) is 2. The average molecular weight is 473 g/mol. The molecule has 2 heterocycles. The molecule has 0 radical (unpaired) electrons. The van der Waals surface area contributed by atoms with E-state index >= 15 is 0 Å². The van der Waals surface area contributed by atoms with E-state index in [-0.39, 0.29) is 10.6 Å². The van der Waals surface area contributed by atoms with Crippen LogP contribution in [0.4, 0.5) is 5.69 Å². The van der Waals surface area contributed by atoms with Gasteiger partial charge in [0.1, 0.15) is 4.21 Å². The molecule has 1 aliphatic rings. The molecule has 1 aromatic heterocycles. The molecular formula is C19H21ClN2O6S2. The van der Waals surface area contributed by atoms with Gasteiger partial charge in [0, 0.05) is 28.7 Å². The van der Waals surface area contributed by atoms with E-state index in [9.17, 15) is 18.0 Å². The fraction of sp³-hybridized carbons (Fsp3) is 0.368. The first-order chi connectivity index (χ1) is 14.3. The number of hydrogen-bond acceptors (Lipinski definition) is 7. The van der Waals surface area contributed by atoms with Gasteiger partial charge < -0.3 is 14.8 Å². The summed E-state index contributed by atoms with van der Waals surface area (Å²) in [6, 6.07) is 8.14. The van der Waals surface area contributed by atoms with E-state index in [0.29, 0.717) is 41.9 Å². The van der Waals surface area contributed by atoms with Crippen LogP contribution in [0.1, 0.15) is 10.4 Å². The summed E-state index contributed by atoms with van der Waals surface area (Å²) in [5.41, 5.74) is 1.37. The third kappa shape index (κ3) is 5.79. The smallest absolute Gasteiger partial charge is 0.311 e. The highest BCUT2D eigenvalue weighted by Crippen LogP contribution is 2.26. The summed E-state index contributed by atoms with van der Waals surface area (Å²) < 4.78 is 37.0. The Kier molecular flexibility index (Phi) is 7.48. The molecule has 3 rings (SSSR count). The Morgan fingerprint density at radius 1 is 1.23 bits per heavy atom. The highest BCUT2D eigenvalue weighted by atomic mass is 35.5. The first-order valence-electron chi connectivity index (χ1n) is 9.14. The van der Waals surface area contributed by atoms with Crippen LogP contribution in [0.3, 0.4) is 0 Å². The third-order valence-electron chi connectivity index (χ3n) is 4.36. The van der Waals surface area contributed by atoms with Gasteiger partial charge >= 0.3 is 5.97 Å². The van der Waals surface area contributed by atoms with Gasteiger partial charge in [0.15, 0.2) is 6.61 Å². The molecule has 11 heteroatoms. The van der Waals surface area contributed by atoms with Crippen molar-refractivity contribution in [1.82, 2.24) is 4.31 Å². The fourth-order valence-electron chi connectivity index (χ4n) is 2.76. The van der Waals surface area contributed by atoms with Crippen molar-refractivity contribution < 1.29 is 27.5 Å². The number of carbonyl (C=O) groups is 2. The normalized spacial score (nSPS) is 15.0. The molecule has 1 aliphatic heterocycles. The number of esters is 1. The maximum absolute atomic E-state index is 12.6. The largest absolute Gasteiger partial charge is 0.455 e. The Hall–Kier alpha value is -1.98. The van der Waals surface area contributed by atoms with Gasteiger partial charge in [0.05, 0.1) is 19.6 Å². The minimum atomic E-state index is -3.60. The molecule has 0 atom stereocenters. The molecule has 1 N–H and O–H groups in total. The van der Waals surface area contributed by atoms with Crippen LogP contribution in [0.25, 0.3) is 0 Å². The summed E-state index contributed by atoms with van der Waals surface area (Å²) >= 11 is 6.93. The van der Waals surface area contributed by atoms with Crippen LogP contribution in [0.5, 0.6) is 0 Å². The molecule has 1 aromatic carbocycles. The number of anilines is 1. The molecule has 2 aromatic rings. The molecule has 0 aliphatic carbocycles. The Labute approximate surface area is 183 Å². The van der Waals surface area contributed by atoms with Crippen LogP contribution in [0.15, 0.2) is 34.5 Å². The minimum absolute atomic E-state index is 0.118. The van der Waals surface area contributed by atoms with Gasteiger partial charge in [-0.2, -0.15) is 4.31 Å².